The number of hydrogen-bond acceptors (Lipinski definition) is 3. The summed E-state index contributed by atoms with van der Waals surface area (Å²) in [5, 5.41) is 11.1. The highest BCUT2D eigenvalue weighted by Crippen LogP contribution is 2.24. The normalized spacial score (nSPS) is 14.0. The van der Waals surface area contributed by atoms with Gasteiger partial charge in [0.15, 0.2) is 0 Å². The molecule has 0 bridgehead atoms. The molecule has 2 aromatic heterocycles. The maximum atomic E-state index is 11.1. The van der Waals surface area contributed by atoms with Gasteiger partial charge in [0.05, 0.1) is 18.6 Å². The highest BCUT2D eigenvalue weighted by atomic mass is 16.3. The van der Waals surface area contributed by atoms with Crippen molar-refractivity contribution in [1.82, 2.24) is 14.5 Å². The van der Waals surface area contributed by atoms with Crippen LogP contribution in [0.3, 0.4) is 0 Å². The summed E-state index contributed by atoms with van der Waals surface area (Å²) in [6, 6.07) is 15.4. The van der Waals surface area contributed by atoms with Crippen LogP contribution in [0, 0.1) is 0 Å². The monoisotopic (exact) mass is 291 g/mol. The zero-order valence-corrected chi connectivity index (χ0v) is 12.1. The van der Waals surface area contributed by atoms with E-state index in [1.807, 2.05) is 65.4 Å². The molecule has 1 atom stereocenters. The van der Waals surface area contributed by atoms with Crippen LogP contribution >= 0.6 is 0 Å². The van der Waals surface area contributed by atoms with Gasteiger partial charge >= 0.3 is 0 Å². The van der Waals surface area contributed by atoms with Gasteiger partial charge in [0.25, 0.3) is 0 Å². The minimum Gasteiger partial charge on any atom is -0.377 e. The van der Waals surface area contributed by atoms with Crippen LogP contribution in [0.5, 0.6) is 0 Å². The van der Waals surface area contributed by atoms with Gasteiger partial charge in [0.2, 0.25) is 0 Å². The van der Waals surface area contributed by atoms with E-state index >= 15 is 0 Å². The highest BCUT2D eigenvalue weighted by Gasteiger charge is 2.28. The molecule has 3 rings (SSSR count). The first-order valence-electron chi connectivity index (χ1n) is 7.10. The summed E-state index contributed by atoms with van der Waals surface area (Å²) < 4.78 is 1.84. The minimum atomic E-state index is -1.20. The Bertz CT molecular complexity index is 724. The SMILES string of the molecule is OC(C=Cc1ccccc1)(Cn1ccnc1)c1ccccn1. The third-order valence-electron chi connectivity index (χ3n) is 3.44. The van der Waals surface area contributed by atoms with Crippen molar-refractivity contribution in [3.05, 3.63) is 90.8 Å². The smallest absolute Gasteiger partial charge is 0.143 e. The quantitative estimate of drug-likeness (QED) is 0.786. The molecular formula is C18H17N3O. The molecule has 0 aliphatic carbocycles. The van der Waals surface area contributed by atoms with E-state index in [0.717, 1.165) is 5.56 Å². The molecule has 0 fully saturated rings. The molecule has 1 aromatic carbocycles. The number of nitrogens with zero attached hydrogens (tertiary/aromatic N) is 3. The van der Waals surface area contributed by atoms with Crippen molar-refractivity contribution in [2.24, 2.45) is 0 Å². The molecule has 110 valence electrons. The van der Waals surface area contributed by atoms with Gasteiger partial charge in [-0.15, -0.1) is 0 Å². The molecule has 0 aliphatic rings. The maximum absolute atomic E-state index is 11.1. The number of aliphatic hydroxyl groups is 1. The van der Waals surface area contributed by atoms with Crippen molar-refractivity contribution in [3.63, 3.8) is 0 Å². The molecule has 1 N–H and O–H groups in total. The van der Waals surface area contributed by atoms with E-state index in [1.54, 1.807) is 24.8 Å². The molecule has 4 nitrogen and oxygen atoms in total. The van der Waals surface area contributed by atoms with E-state index in [-0.39, 0.29) is 0 Å². The summed E-state index contributed by atoms with van der Waals surface area (Å²) in [5.41, 5.74) is 0.441. The van der Waals surface area contributed by atoms with Crippen molar-refractivity contribution in [3.8, 4) is 0 Å². The van der Waals surface area contributed by atoms with E-state index < -0.39 is 5.60 Å². The lowest BCUT2D eigenvalue weighted by Gasteiger charge is -2.24. The Hall–Kier alpha value is -2.72. The predicted octanol–water partition coefficient (Wildman–Crippen LogP) is 2.88. The van der Waals surface area contributed by atoms with Crippen molar-refractivity contribution in [1.29, 1.82) is 0 Å². The van der Waals surface area contributed by atoms with Gasteiger partial charge in [-0.25, -0.2) is 4.98 Å². The van der Waals surface area contributed by atoms with Gasteiger partial charge in [-0.05, 0) is 23.8 Å². The standard InChI is InChI=1S/C18H17N3O/c22-18(14-21-13-12-19-15-21,17-8-4-5-11-20-17)10-9-16-6-2-1-3-7-16/h1-13,15,22H,14H2. The van der Waals surface area contributed by atoms with Gasteiger partial charge in [-0.1, -0.05) is 42.5 Å². The van der Waals surface area contributed by atoms with Gasteiger partial charge in [-0.2, -0.15) is 0 Å². The van der Waals surface area contributed by atoms with Gasteiger partial charge in [0.1, 0.15) is 5.60 Å². The van der Waals surface area contributed by atoms with Crippen LogP contribution in [0.1, 0.15) is 11.3 Å². The molecule has 0 radical (unpaired) electrons. The summed E-state index contributed by atoms with van der Waals surface area (Å²) in [4.78, 5) is 8.33. The summed E-state index contributed by atoms with van der Waals surface area (Å²) in [6.45, 7) is 0.355. The van der Waals surface area contributed by atoms with Crippen LogP contribution in [0.25, 0.3) is 6.08 Å². The van der Waals surface area contributed by atoms with E-state index in [1.165, 1.54) is 0 Å². The second-order valence-electron chi connectivity index (χ2n) is 5.12. The number of benzene rings is 1. The first-order chi connectivity index (χ1) is 10.8. The second-order valence-corrected chi connectivity index (χ2v) is 5.12. The average Bonchev–Trinajstić information content (AvgIpc) is 3.08. The summed E-state index contributed by atoms with van der Waals surface area (Å²) >= 11 is 0. The topological polar surface area (TPSA) is 50.9 Å². The highest BCUT2D eigenvalue weighted by molar-refractivity contribution is 5.51. The number of pyridine rings is 1. The Labute approximate surface area is 129 Å². The Morgan fingerprint density at radius 3 is 2.55 bits per heavy atom. The van der Waals surface area contributed by atoms with Crippen molar-refractivity contribution in [2.75, 3.05) is 0 Å². The Morgan fingerprint density at radius 1 is 1.05 bits per heavy atom. The molecular weight excluding hydrogens is 274 g/mol. The Balaban J connectivity index is 1.94. The van der Waals surface area contributed by atoms with E-state index in [2.05, 4.69) is 9.97 Å². The van der Waals surface area contributed by atoms with Gasteiger partial charge in [0, 0.05) is 18.6 Å². The van der Waals surface area contributed by atoms with Crippen LogP contribution in [-0.4, -0.2) is 19.6 Å². The van der Waals surface area contributed by atoms with Crippen molar-refractivity contribution >= 4 is 6.08 Å². The third-order valence-corrected chi connectivity index (χ3v) is 3.44. The molecule has 22 heavy (non-hydrogen) atoms. The van der Waals surface area contributed by atoms with Crippen LogP contribution < -0.4 is 0 Å². The van der Waals surface area contributed by atoms with Crippen LogP contribution in [-0.2, 0) is 12.1 Å². The van der Waals surface area contributed by atoms with E-state index in [4.69, 9.17) is 0 Å². The van der Waals surface area contributed by atoms with Crippen molar-refractivity contribution in [2.45, 2.75) is 12.1 Å². The van der Waals surface area contributed by atoms with Gasteiger partial charge < -0.3 is 9.67 Å². The average molecular weight is 291 g/mol. The van der Waals surface area contributed by atoms with Crippen molar-refractivity contribution < 1.29 is 5.11 Å². The number of rotatable bonds is 5. The molecule has 4 heteroatoms. The Morgan fingerprint density at radius 2 is 1.86 bits per heavy atom. The predicted molar refractivity (Wildman–Crippen MR) is 85.8 cm³/mol. The second kappa shape index (κ2) is 6.37. The first kappa shape index (κ1) is 14.2. The molecule has 2 heterocycles. The van der Waals surface area contributed by atoms with E-state index in [0.29, 0.717) is 12.2 Å². The summed E-state index contributed by atoms with van der Waals surface area (Å²) in [7, 11) is 0. The van der Waals surface area contributed by atoms with Crippen LogP contribution in [0.15, 0.2) is 79.5 Å². The number of imidazole rings is 1. The third kappa shape index (κ3) is 3.30. The lowest BCUT2D eigenvalue weighted by molar-refractivity contribution is 0.0659. The summed E-state index contributed by atoms with van der Waals surface area (Å²) in [5.74, 6) is 0. The van der Waals surface area contributed by atoms with E-state index in [9.17, 15) is 5.11 Å². The fraction of sp³-hybridized carbons (Fsp3) is 0.111. The zero-order chi connectivity index (χ0) is 15.3. The molecule has 0 saturated heterocycles. The molecule has 3 aromatic rings. The van der Waals surface area contributed by atoms with Crippen LogP contribution in [0.2, 0.25) is 0 Å². The molecule has 0 aliphatic heterocycles. The first-order valence-corrected chi connectivity index (χ1v) is 7.10. The fourth-order valence-electron chi connectivity index (χ4n) is 2.29. The largest absolute Gasteiger partial charge is 0.377 e. The summed E-state index contributed by atoms with van der Waals surface area (Å²) in [6.07, 6.45) is 10.6. The molecule has 0 spiro atoms. The van der Waals surface area contributed by atoms with Crippen LogP contribution in [0.4, 0.5) is 0 Å². The lowest BCUT2D eigenvalue weighted by Crippen LogP contribution is -2.29. The lowest BCUT2D eigenvalue weighted by atomic mass is 9.97. The molecule has 0 saturated carbocycles. The minimum absolute atomic E-state index is 0.355. The van der Waals surface area contributed by atoms with Gasteiger partial charge in [-0.3, -0.25) is 4.98 Å². The fourth-order valence-corrected chi connectivity index (χ4v) is 2.29. The number of hydrogen-bond donors (Lipinski definition) is 1. The molecule has 1 unspecified atom stereocenters. The Kier molecular flexibility index (Phi) is 4.12. The zero-order valence-electron chi connectivity index (χ0n) is 12.1. The molecule has 0 amide bonds. The number of aromatic nitrogens is 3. The maximum Gasteiger partial charge on any atom is 0.143 e.